The highest BCUT2D eigenvalue weighted by Gasteiger charge is 2.37. The lowest BCUT2D eigenvalue weighted by Gasteiger charge is -2.13. The largest absolute Gasteiger partial charge is 0.478 e. The number of carbonyl (C=O) groups excluding carboxylic acids is 1. The minimum Gasteiger partial charge on any atom is -0.478 e. The van der Waals surface area contributed by atoms with Crippen LogP contribution in [-0.4, -0.2) is 26.8 Å². The fourth-order valence-electron chi connectivity index (χ4n) is 3.45. The summed E-state index contributed by atoms with van der Waals surface area (Å²) in [7, 11) is 0. The summed E-state index contributed by atoms with van der Waals surface area (Å²) >= 11 is 5.88. The summed E-state index contributed by atoms with van der Waals surface area (Å²) in [6, 6.07) is 7.34. The average molecular weight is 499 g/mol. The van der Waals surface area contributed by atoms with E-state index < -0.39 is 73.9 Å². The summed E-state index contributed by atoms with van der Waals surface area (Å²) in [5.41, 5.74) is -5.06. The van der Waals surface area contributed by atoms with Gasteiger partial charge in [0.25, 0.3) is 5.91 Å². The van der Waals surface area contributed by atoms with Gasteiger partial charge in [0.2, 0.25) is 0 Å². The number of carboxylic acids is 1. The number of aromatic nitrogens is 2. The number of rotatable bonds is 3. The van der Waals surface area contributed by atoms with E-state index in [1.165, 1.54) is 0 Å². The molecule has 4 aromatic rings. The van der Waals surface area contributed by atoms with Crippen molar-refractivity contribution in [1.82, 2.24) is 9.78 Å². The lowest BCUT2D eigenvalue weighted by atomic mass is 10.0. The van der Waals surface area contributed by atoms with E-state index in [9.17, 15) is 35.9 Å². The molecule has 174 valence electrons. The molecule has 0 amide bonds. The number of alkyl halides is 3. The van der Waals surface area contributed by atoms with Crippen molar-refractivity contribution in [1.29, 1.82) is 0 Å². The van der Waals surface area contributed by atoms with Crippen LogP contribution >= 0.6 is 11.6 Å². The van der Waals surface area contributed by atoms with Crippen LogP contribution in [0.1, 0.15) is 26.3 Å². The molecule has 0 spiro atoms. The number of carbonyl (C=O) groups is 2. The molecule has 1 heterocycles. The predicted molar refractivity (Wildman–Crippen MR) is 108 cm³/mol. The van der Waals surface area contributed by atoms with E-state index in [2.05, 4.69) is 5.10 Å². The molecule has 0 aliphatic carbocycles. The third kappa shape index (κ3) is 3.67. The van der Waals surface area contributed by atoms with Crippen molar-refractivity contribution in [2.45, 2.75) is 6.18 Å². The van der Waals surface area contributed by atoms with Gasteiger partial charge in [-0.05, 0) is 36.4 Å². The van der Waals surface area contributed by atoms with Gasteiger partial charge in [-0.15, -0.1) is 0 Å². The van der Waals surface area contributed by atoms with Crippen LogP contribution in [0.3, 0.4) is 0 Å². The molecule has 0 atom stereocenters. The van der Waals surface area contributed by atoms with Gasteiger partial charge in [-0.3, -0.25) is 4.79 Å². The van der Waals surface area contributed by atoms with Crippen LogP contribution in [0.15, 0.2) is 48.5 Å². The Morgan fingerprint density at radius 2 is 1.62 bits per heavy atom. The molecule has 0 aliphatic rings. The Labute approximate surface area is 190 Å². The van der Waals surface area contributed by atoms with E-state index in [-0.39, 0.29) is 5.52 Å². The number of benzene rings is 3. The third-order valence-corrected chi connectivity index (χ3v) is 5.26. The molecule has 1 aromatic heterocycles. The van der Waals surface area contributed by atoms with Crippen molar-refractivity contribution in [3.63, 3.8) is 0 Å². The molecule has 4 rings (SSSR count). The van der Waals surface area contributed by atoms with Gasteiger partial charge in [-0.25, -0.2) is 18.0 Å². The molecule has 0 aliphatic heterocycles. The minimum absolute atomic E-state index is 0.352. The number of hydrogen-bond donors (Lipinski definition) is 1. The molecule has 0 saturated heterocycles. The smallest absolute Gasteiger partial charge is 0.417 e. The highest BCUT2D eigenvalue weighted by atomic mass is 35.5. The molecule has 5 nitrogen and oxygen atoms in total. The minimum atomic E-state index is -4.98. The lowest BCUT2D eigenvalue weighted by molar-refractivity contribution is -0.137. The Hall–Kier alpha value is -3.86. The van der Waals surface area contributed by atoms with E-state index in [0.29, 0.717) is 16.8 Å². The summed E-state index contributed by atoms with van der Waals surface area (Å²) in [4.78, 5) is 24.2. The van der Waals surface area contributed by atoms with Crippen LogP contribution < -0.4 is 0 Å². The Morgan fingerprint density at radius 3 is 2.26 bits per heavy atom. The quantitative estimate of drug-likeness (QED) is 0.342. The van der Waals surface area contributed by atoms with Crippen molar-refractivity contribution >= 4 is 34.4 Å². The first-order valence-corrected chi connectivity index (χ1v) is 9.60. The third-order valence-electron chi connectivity index (χ3n) is 4.95. The normalized spacial score (nSPS) is 11.7. The zero-order valence-electron chi connectivity index (χ0n) is 16.4. The molecular weight excluding hydrogens is 490 g/mol. The van der Waals surface area contributed by atoms with Gasteiger partial charge in [0, 0.05) is 5.56 Å². The summed E-state index contributed by atoms with van der Waals surface area (Å²) in [5, 5.41) is 11.7. The monoisotopic (exact) mass is 498 g/mol. The second-order valence-electron chi connectivity index (χ2n) is 6.95. The fraction of sp³-hybridized carbons (Fsp3) is 0.0455. The Morgan fingerprint density at radius 1 is 0.941 bits per heavy atom. The van der Waals surface area contributed by atoms with Crippen LogP contribution in [0.2, 0.25) is 5.02 Å². The zero-order valence-corrected chi connectivity index (χ0v) is 17.2. The Balaban J connectivity index is 2.02. The average Bonchev–Trinajstić information content (AvgIpc) is 3.15. The summed E-state index contributed by atoms with van der Waals surface area (Å²) in [6.45, 7) is 0. The lowest BCUT2D eigenvalue weighted by Crippen LogP contribution is -2.20. The number of carboxylic acid groups (broad SMARTS) is 1. The molecule has 0 unspecified atom stereocenters. The topological polar surface area (TPSA) is 72.2 Å². The molecule has 0 bridgehead atoms. The van der Waals surface area contributed by atoms with E-state index in [1.807, 2.05) is 0 Å². The van der Waals surface area contributed by atoms with Gasteiger partial charge in [-0.2, -0.15) is 23.0 Å². The van der Waals surface area contributed by atoms with Crippen molar-refractivity contribution < 1.29 is 41.0 Å². The number of hydrogen-bond acceptors (Lipinski definition) is 3. The van der Waals surface area contributed by atoms with Crippen LogP contribution in [0, 0.1) is 17.5 Å². The zero-order chi connectivity index (χ0) is 24.9. The van der Waals surface area contributed by atoms with Gasteiger partial charge in [-0.1, -0.05) is 23.7 Å². The van der Waals surface area contributed by atoms with Crippen molar-refractivity contribution in [3.8, 4) is 11.3 Å². The maximum Gasteiger partial charge on any atom is 0.417 e. The number of halogens is 7. The van der Waals surface area contributed by atoms with Crippen molar-refractivity contribution in [3.05, 3.63) is 87.7 Å². The summed E-state index contributed by atoms with van der Waals surface area (Å²) in [5.74, 6) is -7.67. The maximum atomic E-state index is 14.7. The van der Waals surface area contributed by atoms with Gasteiger partial charge < -0.3 is 5.11 Å². The molecular formula is C22H9ClF6N2O3. The van der Waals surface area contributed by atoms with E-state index in [0.717, 1.165) is 36.4 Å². The molecule has 1 N–H and O–H groups in total. The standard InChI is InChI=1S/C22H9ClF6N2O3/c23-12-4-1-3-11(22(27,28)29)15(12)20(32)31-14-6-2-5-13(24)16(14)19(30-31)9-7-8-10(21(33)34)18(26)17(9)25/h1-8H,(H,33,34). The summed E-state index contributed by atoms with van der Waals surface area (Å²) in [6.07, 6.45) is -4.98. The molecule has 0 fully saturated rings. The Kier molecular flexibility index (Phi) is 5.60. The van der Waals surface area contributed by atoms with Crippen LogP contribution in [-0.2, 0) is 6.18 Å². The second-order valence-corrected chi connectivity index (χ2v) is 7.36. The first-order valence-electron chi connectivity index (χ1n) is 9.22. The second kappa shape index (κ2) is 8.17. The first-order chi connectivity index (χ1) is 15.9. The number of nitrogens with zero attached hydrogens (tertiary/aromatic N) is 2. The van der Waals surface area contributed by atoms with Crippen LogP contribution in [0.25, 0.3) is 22.2 Å². The van der Waals surface area contributed by atoms with Gasteiger partial charge in [0.1, 0.15) is 11.5 Å². The SMILES string of the molecule is O=C(O)c1ccc(-c2nn(C(=O)c3c(Cl)cccc3C(F)(F)F)c3cccc(F)c23)c(F)c1F. The van der Waals surface area contributed by atoms with E-state index >= 15 is 0 Å². The Bertz CT molecular complexity index is 1500. The highest BCUT2D eigenvalue weighted by Crippen LogP contribution is 2.37. The van der Waals surface area contributed by atoms with Gasteiger partial charge >= 0.3 is 12.1 Å². The maximum absolute atomic E-state index is 14.7. The number of aromatic carboxylic acids is 1. The fourth-order valence-corrected chi connectivity index (χ4v) is 3.71. The van der Waals surface area contributed by atoms with Crippen molar-refractivity contribution in [2.24, 2.45) is 0 Å². The number of fused-ring (bicyclic) bond motifs is 1. The van der Waals surface area contributed by atoms with Crippen molar-refractivity contribution in [2.75, 3.05) is 0 Å². The van der Waals surface area contributed by atoms with Gasteiger partial charge in [0.05, 0.1) is 32.6 Å². The predicted octanol–water partition coefficient (Wildman–Crippen LogP) is 6.18. The van der Waals surface area contributed by atoms with Crippen LogP contribution in [0.5, 0.6) is 0 Å². The van der Waals surface area contributed by atoms with E-state index in [1.54, 1.807) is 0 Å². The molecule has 3 aromatic carbocycles. The van der Waals surface area contributed by atoms with Crippen LogP contribution in [0.4, 0.5) is 26.3 Å². The molecule has 12 heteroatoms. The highest BCUT2D eigenvalue weighted by molar-refractivity contribution is 6.34. The molecule has 34 heavy (non-hydrogen) atoms. The summed E-state index contributed by atoms with van der Waals surface area (Å²) < 4.78 is 84.6. The first kappa shape index (κ1) is 23.3. The molecule has 0 radical (unpaired) electrons. The van der Waals surface area contributed by atoms with E-state index in [4.69, 9.17) is 16.7 Å². The van der Waals surface area contributed by atoms with Gasteiger partial charge in [0.15, 0.2) is 11.6 Å². The molecule has 0 saturated carbocycles.